The summed E-state index contributed by atoms with van der Waals surface area (Å²) >= 11 is 0. The number of allylic oxidation sites excluding steroid dienone is 1. The number of aliphatic imine (C=N–C) groups is 1. The lowest BCUT2D eigenvalue weighted by atomic mass is 9.96. The van der Waals surface area contributed by atoms with Crippen LogP contribution < -0.4 is 15.5 Å². The zero-order chi connectivity index (χ0) is 22.0. The third-order valence-electron chi connectivity index (χ3n) is 5.03. The summed E-state index contributed by atoms with van der Waals surface area (Å²) in [6.45, 7) is 7.16. The third kappa shape index (κ3) is 4.30. The number of hydrogen-bond donors (Lipinski definition) is 1. The fraction of sp³-hybridized carbons (Fsp3) is 0.455. The molecule has 8 heteroatoms. The first-order valence-corrected chi connectivity index (χ1v) is 10.1. The lowest BCUT2D eigenvalue weighted by molar-refractivity contribution is -0.117. The summed E-state index contributed by atoms with van der Waals surface area (Å²) in [5, 5.41) is 9.77. The summed E-state index contributed by atoms with van der Waals surface area (Å²) in [5.41, 5.74) is 8.34. The second-order valence-corrected chi connectivity index (χ2v) is 7.91. The monoisotopic (exact) mass is 409 g/mol. The lowest BCUT2D eigenvalue weighted by Gasteiger charge is -2.40. The maximum absolute atomic E-state index is 12.8. The fourth-order valence-electron chi connectivity index (χ4n) is 3.53. The van der Waals surface area contributed by atoms with Crippen molar-refractivity contribution in [1.82, 2.24) is 0 Å². The Kier molecular flexibility index (Phi) is 6.11. The fourth-order valence-corrected chi connectivity index (χ4v) is 3.53. The first-order valence-electron chi connectivity index (χ1n) is 10.1. The van der Waals surface area contributed by atoms with Crippen molar-refractivity contribution in [1.29, 1.82) is 5.26 Å². The van der Waals surface area contributed by atoms with E-state index in [1.165, 1.54) is 18.0 Å². The standard InChI is InChI=1S/C22H27N5O3/c1-13(2)30-22(29)26-12-14(3)27(15(4)28)21-7-16(9-23)19(8-20(21)26)17(10-24)11-25-18-5-6-18/h7-8,10-11,13-14,18H,5-6,12,24H2,1-4H3/b17-10+,25-11?/t14-/m0/s1. The van der Waals surface area contributed by atoms with Crippen LogP contribution in [0.5, 0.6) is 0 Å². The van der Waals surface area contributed by atoms with Gasteiger partial charge in [0.25, 0.3) is 0 Å². The number of amides is 2. The number of fused-ring (bicyclic) bond motifs is 1. The molecule has 2 aliphatic rings. The molecule has 1 aromatic carbocycles. The molecule has 0 saturated heterocycles. The number of anilines is 2. The Balaban J connectivity index is 2.15. The van der Waals surface area contributed by atoms with Gasteiger partial charge in [0.1, 0.15) is 0 Å². The SMILES string of the molecule is CC(=O)N1c2cc(C#N)c(/C(C=NC3CC3)=C/N)cc2N(C(=O)OC(C)C)C[C@@H]1C. The molecule has 2 amide bonds. The van der Waals surface area contributed by atoms with Crippen LogP contribution in [0, 0.1) is 11.3 Å². The van der Waals surface area contributed by atoms with E-state index in [0.29, 0.717) is 34.1 Å². The van der Waals surface area contributed by atoms with Crippen molar-refractivity contribution in [3.63, 3.8) is 0 Å². The topological polar surface area (TPSA) is 112 Å². The molecule has 8 nitrogen and oxygen atoms in total. The first kappa shape index (κ1) is 21.4. The number of carbonyl (C=O) groups is 2. The second kappa shape index (κ2) is 8.57. The highest BCUT2D eigenvalue weighted by molar-refractivity contribution is 6.12. The maximum Gasteiger partial charge on any atom is 0.414 e. The van der Waals surface area contributed by atoms with Crippen LogP contribution in [0.25, 0.3) is 5.57 Å². The van der Waals surface area contributed by atoms with E-state index in [4.69, 9.17) is 10.5 Å². The van der Waals surface area contributed by atoms with E-state index in [1.807, 2.05) is 6.92 Å². The van der Waals surface area contributed by atoms with Gasteiger partial charge in [-0.3, -0.25) is 14.7 Å². The molecule has 0 aromatic heterocycles. The molecule has 0 unspecified atom stereocenters. The molecule has 0 spiro atoms. The van der Waals surface area contributed by atoms with Gasteiger partial charge in [0.05, 0.1) is 41.2 Å². The highest BCUT2D eigenvalue weighted by Gasteiger charge is 2.35. The molecule has 0 bridgehead atoms. The summed E-state index contributed by atoms with van der Waals surface area (Å²) in [4.78, 5) is 32.7. The van der Waals surface area contributed by atoms with Gasteiger partial charge in [0, 0.05) is 37.0 Å². The number of nitriles is 1. The van der Waals surface area contributed by atoms with Gasteiger partial charge in [0.2, 0.25) is 5.91 Å². The van der Waals surface area contributed by atoms with Gasteiger partial charge >= 0.3 is 6.09 Å². The van der Waals surface area contributed by atoms with Crippen LogP contribution in [-0.2, 0) is 9.53 Å². The number of nitrogens with zero attached hydrogens (tertiary/aromatic N) is 4. The van der Waals surface area contributed by atoms with Gasteiger partial charge in [-0.05, 0) is 45.7 Å². The summed E-state index contributed by atoms with van der Waals surface area (Å²) in [5.74, 6) is -0.165. The number of ether oxygens (including phenoxy) is 1. The first-order chi connectivity index (χ1) is 14.3. The molecule has 1 saturated carbocycles. The average Bonchev–Trinajstić information content (AvgIpc) is 3.50. The van der Waals surface area contributed by atoms with Gasteiger partial charge in [0.15, 0.2) is 0 Å². The lowest BCUT2D eigenvalue weighted by Crippen LogP contribution is -2.51. The van der Waals surface area contributed by atoms with E-state index >= 15 is 0 Å². The largest absolute Gasteiger partial charge is 0.446 e. The van der Waals surface area contributed by atoms with Crippen LogP contribution in [0.1, 0.15) is 51.7 Å². The normalized spacial score (nSPS) is 19.1. The molecule has 1 aliphatic heterocycles. The zero-order valence-electron chi connectivity index (χ0n) is 17.8. The molecule has 0 radical (unpaired) electrons. The maximum atomic E-state index is 12.8. The molecule has 3 rings (SSSR count). The van der Waals surface area contributed by atoms with E-state index in [1.54, 1.807) is 37.1 Å². The smallest absolute Gasteiger partial charge is 0.414 e. The Labute approximate surface area is 176 Å². The van der Waals surface area contributed by atoms with Gasteiger partial charge < -0.3 is 15.4 Å². The van der Waals surface area contributed by atoms with E-state index < -0.39 is 6.09 Å². The van der Waals surface area contributed by atoms with Crippen molar-refractivity contribution in [2.75, 3.05) is 16.3 Å². The van der Waals surface area contributed by atoms with E-state index in [9.17, 15) is 14.9 Å². The quantitative estimate of drug-likeness (QED) is 0.768. The van der Waals surface area contributed by atoms with E-state index in [0.717, 1.165) is 12.8 Å². The van der Waals surface area contributed by atoms with Crippen molar-refractivity contribution in [3.8, 4) is 6.07 Å². The Morgan fingerprint density at radius 3 is 2.57 bits per heavy atom. The van der Waals surface area contributed by atoms with E-state index in [2.05, 4.69) is 11.1 Å². The Morgan fingerprint density at radius 1 is 1.33 bits per heavy atom. The summed E-state index contributed by atoms with van der Waals surface area (Å²) in [7, 11) is 0. The number of hydrogen-bond acceptors (Lipinski definition) is 6. The molecule has 158 valence electrons. The minimum atomic E-state index is -0.498. The van der Waals surface area contributed by atoms with Crippen LogP contribution >= 0.6 is 0 Å². The second-order valence-electron chi connectivity index (χ2n) is 7.91. The number of benzene rings is 1. The molecule has 1 fully saturated rings. The van der Waals surface area contributed by atoms with Gasteiger partial charge in [-0.1, -0.05) is 0 Å². The molecular formula is C22H27N5O3. The van der Waals surface area contributed by atoms with Gasteiger partial charge in [-0.15, -0.1) is 0 Å². The minimum Gasteiger partial charge on any atom is -0.446 e. The summed E-state index contributed by atoms with van der Waals surface area (Å²) in [6.07, 6.45) is 4.38. The molecule has 1 aliphatic carbocycles. The Hall–Kier alpha value is -3.34. The molecule has 2 N–H and O–H groups in total. The highest BCUT2D eigenvalue weighted by atomic mass is 16.6. The van der Waals surface area contributed by atoms with Gasteiger partial charge in [-0.25, -0.2) is 4.79 Å². The molecule has 1 heterocycles. The van der Waals surface area contributed by atoms with Crippen LogP contribution in [0.2, 0.25) is 0 Å². The van der Waals surface area contributed by atoms with Gasteiger partial charge in [-0.2, -0.15) is 5.26 Å². The Bertz CT molecular complexity index is 956. The predicted molar refractivity (Wildman–Crippen MR) is 116 cm³/mol. The number of nitrogens with two attached hydrogens (primary N) is 1. The van der Waals surface area contributed by atoms with E-state index in [-0.39, 0.29) is 24.6 Å². The van der Waals surface area contributed by atoms with Crippen LogP contribution in [0.4, 0.5) is 16.2 Å². The van der Waals surface area contributed by atoms with Crippen LogP contribution in [0.3, 0.4) is 0 Å². The van der Waals surface area contributed by atoms with Crippen molar-refractivity contribution in [3.05, 3.63) is 29.5 Å². The number of rotatable bonds is 4. The molecule has 1 aromatic rings. The highest BCUT2D eigenvalue weighted by Crippen LogP contribution is 2.40. The van der Waals surface area contributed by atoms with Crippen molar-refractivity contribution < 1.29 is 14.3 Å². The third-order valence-corrected chi connectivity index (χ3v) is 5.03. The molecule has 30 heavy (non-hydrogen) atoms. The van der Waals surface area contributed by atoms with Crippen LogP contribution in [-0.4, -0.2) is 42.9 Å². The van der Waals surface area contributed by atoms with Crippen molar-refractivity contribution in [2.45, 2.75) is 58.7 Å². The summed E-state index contributed by atoms with van der Waals surface area (Å²) < 4.78 is 5.41. The number of carbonyl (C=O) groups excluding carboxylic acids is 2. The zero-order valence-corrected chi connectivity index (χ0v) is 17.8. The Morgan fingerprint density at radius 2 is 2.03 bits per heavy atom. The van der Waals surface area contributed by atoms with Crippen molar-refractivity contribution in [2.24, 2.45) is 10.7 Å². The molecular weight excluding hydrogens is 382 g/mol. The minimum absolute atomic E-state index is 0.165. The summed E-state index contributed by atoms with van der Waals surface area (Å²) in [6, 6.07) is 5.56. The van der Waals surface area contributed by atoms with Crippen molar-refractivity contribution >= 4 is 35.2 Å². The van der Waals surface area contributed by atoms with Crippen LogP contribution in [0.15, 0.2) is 23.3 Å². The average molecular weight is 409 g/mol. The molecule has 1 atom stereocenters. The predicted octanol–water partition coefficient (Wildman–Crippen LogP) is 3.20.